The minimum absolute atomic E-state index is 0.0270. The first-order valence-corrected chi connectivity index (χ1v) is 7.46. The zero-order chi connectivity index (χ0) is 14.1. The Morgan fingerprint density at radius 3 is 2.75 bits per heavy atom. The van der Waals surface area contributed by atoms with Gasteiger partial charge in [0.25, 0.3) is 0 Å². The van der Waals surface area contributed by atoms with E-state index in [1.54, 1.807) is 6.20 Å². The molecule has 0 amide bonds. The summed E-state index contributed by atoms with van der Waals surface area (Å²) < 4.78 is 1.00. The third kappa shape index (κ3) is 2.45. The van der Waals surface area contributed by atoms with Crippen LogP contribution in [0, 0.1) is 0 Å². The number of nitrogens with one attached hydrogen (secondary N) is 2. The lowest BCUT2D eigenvalue weighted by molar-refractivity contribution is 0.441. The maximum Gasteiger partial charge on any atom is 0.163 e. The molecule has 0 radical (unpaired) electrons. The topological polar surface area (TPSA) is 39.7 Å². The van der Waals surface area contributed by atoms with Crippen LogP contribution in [-0.4, -0.2) is 16.9 Å². The number of hydrogen-bond donors (Lipinski definition) is 2. The minimum atomic E-state index is 0.0270. The van der Waals surface area contributed by atoms with Crippen LogP contribution < -0.4 is 10.6 Å². The number of anilines is 1. The predicted octanol–water partition coefficient (Wildman–Crippen LogP) is 3.53. The van der Waals surface area contributed by atoms with Gasteiger partial charge in [0, 0.05) is 24.3 Å². The molecule has 2 aliphatic rings. The second-order valence-electron chi connectivity index (χ2n) is 5.16. The molecule has 2 heterocycles. The van der Waals surface area contributed by atoms with Crippen molar-refractivity contribution in [1.29, 1.82) is 0 Å². The number of halogens is 1. The van der Waals surface area contributed by atoms with E-state index in [0.717, 1.165) is 16.1 Å². The zero-order valence-corrected chi connectivity index (χ0v) is 13.1. The average molecular weight is 333 g/mol. The van der Waals surface area contributed by atoms with Crippen molar-refractivity contribution in [3.8, 4) is 0 Å². The van der Waals surface area contributed by atoms with Crippen LogP contribution in [0.15, 0.2) is 52.5 Å². The summed E-state index contributed by atoms with van der Waals surface area (Å²) in [5.41, 5.74) is 2.39. The SMILES string of the molecule is CC(C)c1ccc(NC2=NC=CN3C(Br)=CNC23)cc1. The summed E-state index contributed by atoms with van der Waals surface area (Å²) in [5.74, 6) is 1.43. The molecule has 0 fully saturated rings. The molecule has 3 rings (SSSR count). The molecule has 1 unspecified atom stereocenters. The minimum Gasteiger partial charge on any atom is -0.363 e. The molecule has 0 aromatic heterocycles. The highest BCUT2D eigenvalue weighted by molar-refractivity contribution is 9.11. The summed E-state index contributed by atoms with van der Waals surface area (Å²) in [6, 6.07) is 8.50. The smallest absolute Gasteiger partial charge is 0.163 e. The van der Waals surface area contributed by atoms with Crippen LogP contribution in [0.2, 0.25) is 0 Å². The Bertz CT molecular complexity index is 586. The molecule has 0 aliphatic carbocycles. The second kappa shape index (κ2) is 5.32. The van der Waals surface area contributed by atoms with Gasteiger partial charge >= 0.3 is 0 Å². The fourth-order valence-corrected chi connectivity index (χ4v) is 2.70. The van der Waals surface area contributed by atoms with Gasteiger partial charge in [0.2, 0.25) is 0 Å². The molecule has 1 aromatic rings. The van der Waals surface area contributed by atoms with Crippen LogP contribution in [0.25, 0.3) is 0 Å². The summed E-state index contributed by atoms with van der Waals surface area (Å²) >= 11 is 3.51. The van der Waals surface area contributed by atoms with Gasteiger partial charge in [-0.3, -0.25) is 0 Å². The lowest BCUT2D eigenvalue weighted by Crippen LogP contribution is -2.45. The molecule has 0 saturated heterocycles. The number of aliphatic imine (C=N–C) groups is 1. The summed E-state index contributed by atoms with van der Waals surface area (Å²) in [6.45, 7) is 4.39. The highest BCUT2D eigenvalue weighted by atomic mass is 79.9. The maximum absolute atomic E-state index is 4.43. The third-order valence-corrected chi connectivity index (χ3v) is 4.07. The van der Waals surface area contributed by atoms with Gasteiger partial charge in [-0.2, -0.15) is 0 Å². The van der Waals surface area contributed by atoms with Crippen LogP contribution in [0.4, 0.5) is 5.69 Å². The van der Waals surface area contributed by atoms with Gasteiger partial charge in [-0.05, 0) is 39.5 Å². The molecule has 4 nitrogen and oxygen atoms in total. The van der Waals surface area contributed by atoms with Crippen molar-refractivity contribution in [2.24, 2.45) is 4.99 Å². The molecular formula is C15H17BrN4. The summed E-state index contributed by atoms with van der Waals surface area (Å²) in [5, 5.41) is 6.66. The van der Waals surface area contributed by atoms with E-state index in [1.165, 1.54) is 5.56 Å². The molecule has 5 heteroatoms. The third-order valence-electron chi connectivity index (χ3n) is 3.43. The molecule has 0 saturated carbocycles. The number of benzene rings is 1. The highest BCUT2D eigenvalue weighted by Crippen LogP contribution is 2.24. The number of nitrogens with zero attached hydrogens (tertiary/aromatic N) is 2. The van der Waals surface area contributed by atoms with Gasteiger partial charge in [-0.1, -0.05) is 26.0 Å². The number of rotatable bonds is 2. The molecule has 0 bridgehead atoms. The van der Waals surface area contributed by atoms with Gasteiger partial charge in [-0.25, -0.2) is 4.99 Å². The second-order valence-corrected chi connectivity index (χ2v) is 5.97. The number of amidine groups is 1. The Hall–Kier alpha value is -1.75. The van der Waals surface area contributed by atoms with E-state index in [2.05, 4.69) is 74.6 Å². The van der Waals surface area contributed by atoms with Crippen molar-refractivity contribution in [2.75, 3.05) is 5.32 Å². The van der Waals surface area contributed by atoms with Crippen LogP contribution in [0.5, 0.6) is 0 Å². The van der Waals surface area contributed by atoms with E-state index < -0.39 is 0 Å². The first-order valence-electron chi connectivity index (χ1n) is 6.66. The maximum atomic E-state index is 4.43. The quantitative estimate of drug-likeness (QED) is 0.814. The zero-order valence-electron chi connectivity index (χ0n) is 11.5. The van der Waals surface area contributed by atoms with E-state index in [0.29, 0.717) is 5.92 Å². The van der Waals surface area contributed by atoms with Crippen LogP contribution in [-0.2, 0) is 0 Å². The van der Waals surface area contributed by atoms with Crippen molar-refractivity contribution in [1.82, 2.24) is 10.2 Å². The molecule has 1 aromatic carbocycles. The average Bonchev–Trinajstić information content (AvgIpc) is 2.82. The Morgan fingerprint density at radius 1 is 1.30 bits per heavy atom. The first-order chi connectivity index (χ1) is 9.65. The van der Waals surface area contributed by atoms with Crippen LogP contribution in [0.3, 0.4) is 0 Å². The molecule has 20 heavy (non-hydrogen) atoms. The lowest BCUT2D eigenvalue weighted by Gasteiger charge is -2.28. The number of fused-ring (bicyclic) bond motifs is 1. The van der Waals surface area contributed by atoms with E-state index in [9.17, 15) is 0 Å². The van der Waals surface area contributed by atoms with Crippen molar-refractivity contribution in [3.63, 3.8) is 0 Å². The summed E-state index contributed by atoms with van der Waals surface area (Å²) in [4.78, 5) is 6.51. The molecule has 2 N–H and O–H groups in total. The summed E-state index contributed by atoms with van der Waals surface area (Å²) in [6.07, 6.45) is 5.69. The predicted molar refractivity (Wildman–Crippen MR) is 86.5 cm³/mol. The van der Waals surface area contributed by atoms with Gasteiger partial charge in [0.15, 0.2) is 6.17 Å². The highest BCUT2D eigenvalue weighted by Gasteiger charge is 2.29. The van der Waals surface area contributed by atoms with Crippen LogP contribution >= 0.6 is 15.9 Å². The first kappa shape index (κ1) is 13.2. The molecule has 1 atom stereocenters. The van der Waals surface area contributed by atoms with Crippen molar-refractivity contribution >= 4 is 27.5 Å². The largest absolute Gasteiger partial charge is 0.363 e. The van der Waals surface area contributed by atoms with E-state index in [4.69, 9.17) is 0 Å². The van der Waals surface area contributed by atoms with Gasteiger partial charge < -0.3 is 15.5 Å². The fraction of sp³-hybridized carbons (Fsp3) is 0.267. The summed E-state index contributed by atoms with van der Waals surface area (Å²) in [7, 11) is 0. The van der Waals surface area contributed by atoms with Gasteiger partial charge in [-0.15, -0.1) is 0 Å². The fourth-order valence-electron chi connectivity index (χ4n) is 2.25. The van der Waals surface area contributed by atoms with E-state index in [-0.39, 0.29) is 6.17 Å². The van der Waals surface area contributed by atoms with Crippen molar-refractivity contribution in [2.45, 2.75) is 25.9 Å². The van der Waals surface area contributed by atoms with Crippen molar-refractivity contribution < 1.29 is 0 Å². The Balaban J connectivity index is 1.75. The van der Waals surface area contributed by atoms with Gasteiger partial charge in [0.1, 0.15) is 10.4 Å². The number of hydrogen-bond acceptors (Lipinski definition) is 4. The Morgan fingerprint density at radius 2 is 2.05 bits per heavy atom. The Kier molecular flexibility index (Phi) is 3.53. The van der Waals surface area contributed by atoms with Gasteiger partial charge in [0.05, 0.1) is 0 Å². The monoisotopic (exact) mass is 332 g/mol. The molecule has 2 aliphatic heterocycles. The molecule has 0 spiro atoms. The van der Waals surface area contributed by atoms with Crippen LogP contribution in [0.1, 0.15) is 25.3 Å². The normalized spacial score (nSPS) is 20.4. The van der Waals surface area contributed by atoms with E-state index in [1.807, 2.05) is 12.4 Å². The Labute approximate surface area is 127 Å². The lowest BCUT2D eigenvalue weighted by atomic mass is 10.0. The van der Waals surface area contributed by atoms with Crippen molar-refractivity contribution in [3.05, 3.63) is 53.0 Å². The standard InChI is InChI=1S/C15H17BrN4/c1-10(2)11-3-5-12(6-4-11)19-14-15-18-9-13(16)20(15)8-7-17-14/h3-10,15,18H,1-2H3,(H,17,19). The molecule has 104 valence electrons. The van der Waals surface area contributed by atoms with E-state index >= 15 is 0 Å². The molecular weight excluding hydrogens is 316 g/mol.